The van der Waals surface area contributed by atoms with Gasteiger partial charge in [-0.05, 0) is 42.7 Å². The number of aryl methyl sites for hydroxylation is 1. The second-order valence-corrected chi connectivity index (χ2v) is 4.05. The van der Waals surface area contributed by atoms with E-state index >= 15 is 0 Å². The topological polar surface area (TPSA) is 17.1 Å². The largest absolute Gasteiger partial charge is 0.289 e. The normalized spacial score (nSPS) is 10.1. The van der Waals surface area contributed by atoms with E-state index in [1.165, 1.54) is 0 Å². The third-order valence-corrected chi connectivity index (χ3v) is 2.72. The molecule has 0 aliphatic heterocycles. The van der Waals surface area contributed by atoms with E-state index in [0.717, 1.165) is 18.4 Å². The summed E-state index contributed by atoms with van der Waals surface area (Å²) in [5.41, 5.74) is 2.27. The van der Waals surface area contributed by atoms with E-state index in [9.17, 15) is 4.79 Å². The Hall–Kier alpha value is -1.08. The lowest BCUT2D eigenvalue weighted by molar-refractivity contribution is 0.103. The van der Waals surface area contributed by atoms with Crippen molar-refractivity contribution in [2.45, 2.75) is 26.7 Å². The van der Waals surface area contributed by atoms with Crippen molar-refractivity contribution in [3.05, 3.63) is 46.5 Å². The lowest BCUT2D eigenvalue weighted by Crippen LogP contribution is -2.02. The molecule has 1 aromatic carbocycles. The molecule has 0 amide bonds. The molecule has 2 heteroatoms. The fourth-order valence-electron chi connectivity index (χ4n) is 1.41. The molecule has 0 fully saturated rings. The lowest BCUT2D eigenvalue weighted by atomic mass is 10.00. The van der Waals surface area contributed by atoms with E-state index in [0.29, 0.717) is 16.2 Å². The molecule has 15 heavy (non-hydrogen) atoms. The first-order valence-electron chi connectivity index (χ1n) is 5.05. The number of carbonyl (C=O) groups is 1. The zero-order chi connectivity index (χ0) is 11.4. The molecule has 0 unspecified atom stereocenters. The summed E-state index contributed by atoms with van der Waals surface area (Å²) in [6.07, 6.45) is 1.69. The van der Waals surface area contributed by atoms with Crippen LogP contribution in [0.1, 0.15) is 35.7 Å². The van der Waals surface area contributed by atoms with Gasteiger partial charge in [0, 0.05) is 10.6 Å². The van der Waals surface area contributed by atoms with Crippen LogP contribution in [0.15, 0.2) is 30.4 Å². The van der Waals surface area contributed by atoms with Crippen molar-refractivity contribution >= 4 is 17.4 Å². The molecule has 0 saturated heterocycles. The van der Waals surface area contributed by atoms with Gasteiger partial charge in [-0.1, -0.05) is 31.5 Å². The van der Waals surface area contributed by atoms with Gasteiger partial charge in [-0.25, -0.2) is 0 Å². The molecule has 0 spiro atoms. The summed E-state index contributed by atoms with van der Waals surface area (Å²) in [7, 11) is 0. The maximum Gasteiger partial charge on any atom is 0.188 e. The van der Waals surface area contributed by atoms with Crippen molar-refractivity contribution in [3.63, 3.8) is 0 Å². The van der Waals surface area contributed by atoms with E-state index < -0.39 is 0 Å². The van der Waals surface area contributed by atoms with Gasteiger partial charge in [0.1, 0.15) is 0 Å². The number of ketones is 1. The molecule has 1 aromatic rings. The molecular weight excluding hydrogens is 208 g/mol. The number of allylic oxidation sites excluding steroid dienone is 1. The summed E-state index contributed by atoms with van der Waals surface area (Å²) in [4.78, 5) is 11.9. The van der Waals surface area contributed by atoms with Crippen molar-refractivity contribution in [1.82, 2.24) is 0 Å². The first-order chi connectivity index (χ1) is 7.06. The highest BCUT2D eigenvalue weighted by Gasteiger charge is 2.10. The molecule has 0 bridgehead atoms. The standard InChI is InChI=1S/C13H15ClO/c1-4-5-9(2)13(15)11-6-7-12(14)10(3)8-11/h6-8H,2,4-5H2,1,3H3. The van der Waals surface area contributed by atoms with Crippen LogP contribution in [0.5, 0.6) is 0 Å². The Morgan fingerprint density at radius 3 is 2.67 bits per heavy atom. The van der Waals surface area contributed by atoms with Crippen LogP contribution in [0.25, 0.3) is 0 Å². The molecule has 80 valence electrons. The second kappa shape index (κ2) is 5.13. The highest BCUT2D eigenvalue weighted by atomic mass is 35.5. The van der Waals surface area contributed by atoms with Crippen LogP contribution in [-0.4, -0.2) is 5.78 Å². The van der Waals surface area contributed by atoms with Crippen molar-refractivity contribution in [3.8, 4) is 0 Å². The van der Waals surface area contributed by atoms with Crippen LogP contribution < -0.4 is 0 Å². The van der Waals surface area contributed by atoms with Gasteiger partial charge in [-0.2, -0.15) is 0 Å². The van der Waals surface area contributed by atoms with E-state index in [-0.39, 0.29) is 5.78 Å². The minimum atomic E-state index is 0.0246. The minimum absolute atomic E-state index is 0.0246. The summed E-state index contributed by atoms with van der Waals surface area (Å²) in [6.45, 7) is 7.71. The Balaban J connectivity index is 2.92. The molecule has 0 radical (unpaired) electrons. The van der Waals surface area contributed by atoms with Crippen LogP contribution in [0.3, 0.4) is 0 Å². The number of hydrogen-bond donors (Lipinski definition) is 0. The molecule has 1 nitrogen and oxygen atoms in total. The molecule has 0 aliphatic carbocycles. The van der Waals surface area contributed by atoms with E-state index in [4.69, 9.17) is 11.6 Å². The second-order valence-electron chi connectivity index (χ2n) is 3.65. The molecule has 1 rings (SSSR count). The fraction of sp³-hybridized carbons (Fsp3) is 0.308. The first-order valence-corrected chi connectivity index (χ1v) is 5.42. The monoisotopic (exact) mass is 222 g/mol. The Morgan fingerprint density at radius 1 is 1.47 bits per heavy atom. The summed E-state index contributed by atoms with van der Waals surface area (Å²) in [5, 5.41) is 0.688. The Morgan fingerprint density at radius 2 is 2.13 bits per heavy atom. The van der Waals surface area contributed by atoms with E-state index in [1.807, 2.05) is 19.9 Å². The zero-order valence-electron chi connectivity index (χ0n) is 9.14. The Kier molecular flexibility index (Phi) is 4.10. The van der Waals surface area contributed by atoms with Gasteiger partial charge in [-0.3, -0.25) is 4.79 Å². The third kappa shape index (κ3) is 2.93. The number of hydrogen-bond acceptors (Lipinski definition) is 1. The smallest absolute Gasteiger partial charge is 0.188 e. The maximum atomic E-state index is 11.9. The van der Waals surface area contributed by atoms with Gasteiger partial charge in [0.2, 0.25) is 0 Å². The highest BCUT2D eigenvalue weighted by Crippen LogP contribution is 2.19. The maximum absolute atomic E-state index is 11.9. The van der Waals surface area contributed by atoms with Crippen molar-refractivity contribution in [1.29, 1.82) is 0 Å². The average Bonchev–Trinajstić information content (AvgIpc) is 2.21. The third-order valence-electron chi connectivity index (χ3n) is 2.29. The van der Waals surface area contributed by atoms with Crippen LogP contribution >= 0.6 is 11.6 Å². The number of halogens is 1. The van der Waals surface area contributed by atoms with Crippen LogP contribution in [-0.2, 0) is 0 Å². The van der Waals surface area contributed by atoms with Gasteiger partial charge in [-0.15, -0.1) is 0 Å². The van der Waals surface area contributed by atoms with Gasteiger partial charge in [0.25, 0.3) is 0 Å². The van der Waals surface area contributed by atoms with Crippen LogP contribution in [0.4, 0.5) is 0 Å². The fourth-order valence-corrected chi connectivity index (χ4v) is 1.52. The van der Waals surface area contributed by atoms with E-state index in [2.05, 4.69) is 6.58 Å². The summed E-state index contributed by atoms with van der Waals surface area (Å²) in [5.74, 6) is 0.0246. The quantitative estimate of drug-likeness (QED) is 0.552. The van der Waals surface area contributed by atoms with Crippen LogP contribution in [0.2, 0.25) is 5.02 Å². The molecule has 0 saturated carbocycles. The molecule has 0 heterocycles. The zero-order valence-corrected chi connectivity index (χ0v) is 9.90. The van der Waals surface area contributed by atoms with E-state index in [1.54, 1.807) is 12.1 Å². The van der Waals surface area contributed by atoms with Gasteiger partial charge >= 0.3 is 0 Å². The molecular formula is C13H15ClO. The van der Waals surface area contributed by atoms with Crippen LogP contribution in [0, 0.1) is 6.92 Å². The number of carbonyl (C=O) groups excluding carboxylic acids is 1. The summed E-state index contributed by atoms with van der Waals surface area (Å²) in [6, 6.07) is 5.31. The molecule has 0 aromatic heterocycles. The predicted octanol–water partition coefficient (Wildman–Crippen LogP) is 4.19. The van der Waals surface area contributed by atoms with Gasteiger partial charge < -0.3 is 0 Å². The predicted molar refractivity (Wildman–Crippen MR) is 64.6 cm³/mol. The highest BCUT2D eigenvalue weighted by molar-refractivity contribution is 6.31. The summed E-state index contributed by atoms with van der Waals surface area (Å²) < 4.78 is 0. The molecule has 0 atom stereocenters. The molecule has 0 aliphatic rings. The number of rotatable bonds is 4. The Bertz CT molecular complexity index is 394. The SMILES string of the molecule is C=C(CCC)C(=O)c1ccc(Cl)c(C)c1. The van der Waals surface area contributed by atoms with Gasteiger partial charge in [0.05, 0.1) is 0 Å². The molecule has 0 N–H and O–H groups in total. The first kappa shape index (κ1) is 12.0. The number of Topliss-reactive ketones (excluding diaryl/α,β-unsaturated/α-hetero) is 1. The van der Waals surface area contributed by atoms with Crippen molar-refractivity contribution < 1.29 is 4.79 Å². The lowest BCUT2D eigenvalue weighted by Gasteiger charge is -2.05. The minimum Gasteiger partial charge on any atom is -0.289 e. The van der Waals surface area contributed by atoms with Crippen molar-refractivity contribution in [2.24, 2.45) is 0 Å². The summed E-state index contributed by atoms with van der Waals surface area (Å²) >= 11 is 5.89. The average molecular weight is 223 g/mol. The number of benzene rings is 1. The van der Waals surface area contributed by atoms with Crippen molar-refractivity contribution in [2.75, 3.05) is 0 Å². The van der Waals surface area contributed by atoms with Gasteiger partial charge in [0.15, 0.2) is 5.78 Å². The Labute approximate surface area is 95.8 Å².